The van der Waals surface area contributed by atoms with E-state index in [4.69, 9.17) is 14.6 Å². The number of carbonyl (C=O) groups excluding carboxylic acids is 1. The zero-order chi connectivity index (χ0) is 11.8. The number of amides is 1. The van der Waals surface area contributed by atoms with Gasteiger partial charge in [0.05, 0.1) is 13.7 Å². The smallest absolute Gasteiger partial charge is 0.407 e. The van der Waals surface area contributed by atoms with Crippen LogP contribution in [-0.2, 0) is 11.3 Å². The first kappa shape index (κ1) is 12.3. The molecule has 0 heterocycles. The van der Waals surface area contributed by atoms with Crippen molar-refractivity contribution in [3.63, 3.8) is 0 Å². The summed E-state index contributed by atoms with van der Waals surface area (Å²) in [5.41, 5.74) is 0.796. The van der Waals surface area contributed by atoms with E-state index >= 15 is 0 Å². The Kier molecular flexibility index (Phi) is 5.15. The summed E-state index contributed by atoms with van der Waals surface area (Å²) in [6.45, 7) is 0.218. The van der Waals surface area contributed by atoms with Gasteiger partial charge < -0.3 is 19.9 Å². The van der Waals surface area contributed by atoms with E-state index in [0.717, 1.165) is 5.56 Å². The van der Waals surface area contributed by atoms with E-state index in [1.54, 1.807) is 13.2 Å². The highest BCUT2D eigenvalue weighted by Crippen LogP contribution is 2.17. The number of benzene rings is 1. The summed E-state index contributed by atoms with van der Waals surface area (Å²) in [5, 5.41) is 10.9. The molecule has 1 amide bonds. The van der Waals surface area contributed by atoms with Crippen LogP contribution >= 0.6 is 0 Å². The van der Waals surface area contributed by atoms with Gasteiger partial charge in [0.15, 0.2) is 0 Å². The van der Waals surface area contributed by atoms with Crippen LogP contribution in [0.2, 0.25) is 0 Å². The van der Waals surface area contributed by atoms with Crippen LogP contribution in [0.5, 0.6) is 5.75 Å². The van der Waals surface area contributed by atoms with Gasteiger partial charge in [0.1, 0.15) is 12.4 Å². The molecule has 5 nitrogen and oxygen atoms in total. The van der Waals surface area contributed by atoms with Crippen molar-refractivity contribution >= 4 is 6.09 Å². The van der Waals surface area contributed by atoms with E-state index in [2.05, 4.69) is 5.32 Å². The van der Waals surface area contributed by atoms with Gasteiger partial charge in [-0.3, -0.25) is 0 Å². The average molecular weight is 225 g/mol. The number of ether oxygens (including phenoxy) is 2. The van der Waals surface area contributed by atoms with Gasteiger partial charge in [-0.2, -0.15) is 0 Å². The van der Waals surface area contributed by atoms with Gasteiger partial charge in [0, 0.05) is 12.1 Å². The molecule has 0 aliphatic rings. The monoisotopic (exact) mass is 225 g/mol. The number of hydrogen-bond donors (Lipinski definition) is 2. The fraction of sp³-hybridized carbons (Fsp3) is 0.364. The molecule has 16 heavy (non-hydrogen) atoms. The molecule has 0 aromatic heterocycles. The second-order valence-corrected chi connectivity index (χ2v) is 3.04. The van der Waals surface area contributed by atoms with Gasteiger partial charge in [-0.05, 0) is 6.07 Å². The molecular formula is C11H15NO4. The van der Waals surface area contributed by atoms with Gasteiger partial charge in [-0.15, -0.1) is 0 Å². The van der Waals surface area contributed by atoms with Crippen LogP contribution in [0, 0.1) is 0 Å². The number of rotatable bonds is 5. The molecule has 0 saturated heterocycles. The lowest BCUT2D eigenvalue weighted by molar-refractivity contribution is 0.136. The zero-order valence-corrected chi connectivity index (χ0v) is 9.10. The van der Waals surface area contributed by atoms with Crippen molar-refractivity contribution < 1.29 is 19.4 Å². The van der Waals surface area contributed by atoms with Crippen LogP contribution in [0.15, 0.2) is 24.3 Å². The van der Waals surface area contributed by atoms with E-state index in [1.807, 2.05) is 18.2 Å². The summed E-state index contributed by atoms with van der Waals surface area (Å²) in [6, 6.07) is 7.30. The maximum absolute atomic E-state index is 11.1. The summed E-state index contributed by atoms with van der Waals surface area (Å²) < 4.78 is 10.0. The van der Waals surface area contributed by atoms with Crippen LogP contribution in [-0.4, -0.2) is 31.5 Å². The summed E-state index contributed by atoms with van der Waals surface area (Å²) in [6.07, 6.45) is -0.556. The Morgan fingerprint density at radius 2 is 2.19 bits per heavy atom. The van der Waals surface area contributed by atoms with Gasteiger partial charge >= 0.3 is 6.09 Å². The zero-order valence-electron chi connectivity index (χ0n) is 9.10. The maximum Gasteiger partial charge on any atom is 0.407 e. The molecule has 0 aliphatic carbocycles. The second-order valence-electron chi connectivity index (χ2n) is 3.04. The first-order valence-corrected chi connectivity index (χ1v) is 4.91. The average Bonchev–Trinajstić information content (AvgIpc) is 2.34. The van der Waals surface area contributed by atoms with Crippen molar-refractivity contribution in [3.05, 3.63) is 29.8 Å². The minimum absolute atomic E-state index is 0.107. The van der Waals surface area contributed by atoms with Gasteiger partial charge in [0.25, 0.3) is 0 Å². The molecule has 2 N–H and O–H groups in total. The van der Waals surface area contributed by atoms with Crippen LogP contribution in [0.4, 0.5) is 4.79 Å². The topological polar surface area (TPSA) is 67.8 Å². The lowest BCUT2D eigenvalue weighted by Gasteiger charge is -2.09. The van der Waals surface area contributed by atoms with E-state index in [0.29, 0.717) is 5.75 Å². The maximum atomic E-state index is 11.1. The Bertz CT molecular complexity index is 341. The lowest BCUT2D eigenvalue weighted by atomic mass is 10.2. The third-order valence-corrected chi connectivity index (χ3v) is 1.93. The number of alkyl carbamates (subject to hydrolysis) is 1. The molecule has 0 unspecified atom stereocenters. The Morgan fingerprint density at radius 1 is 1.44 bits per heavy atom. The Labute approximate surface area is 94.0 Å². The minimum atomic E-state index is -0.556. The molecule has 0 fully saturated rings. The summed E-state index contributed by atoms with van der Waals surface area (Å²) >= 11 is 0. The fourth-order valence-electron chi connectivity index (χ4n) is 1.17. The van der Waals surface area contributed by atoms with Crippen LogP contribution in [0.1, 0.15) is 5.56 Å². The quantitative estimate of drug-likeness (QED) is 0.781. The Morgan fingerprint density at radius 3 is 2.88 bits per heavy atom. The lowest BCUT2D eigenvalue weighted by Crippen LogP contribution is -2.26. The van der Waals surface area contributed by atoms with Crippen molar-refractivity contribution in [1.29, 1.82) is 0 Å². The van der Waals surface area contributed by atoms with E-state index in [-0.39, 0.29) is 19.8 Å². The number of methoxy groups -OCH3 is 1. The van der Waals surface area contributed by atoms with E-state index in [1.165, 1.54) is 0 Å². The molecule has 0 atom stereocenters. The third-order valence-electron chi connectivity index (χ3n) is 1.93. The standard InChI is InChI=1S/C11H15NO4/c1-15-10-5-3-2-4-9(10)8-16-11(14)12-6-7-13/h2-5,13H,6-8H2,1H3,(H,12,14). The molecule has 0 bridgehead atoms. The number of nitrogens with one attached hydrogen (secondary N) is 1. The molecule has 5 heteroatoms. The minimum Gasteiger partial charge on any atom is -0.496 e. The predicted octanol–water partition coefficient (Wildman–Crippen LogP) is 0.914. The van der Waals surface area contributed by atoms with Crippen molar-refractivity contribution in [3.8, 4) is 5.75 Å². The van der Waals surface area contributed by atoms with Crippen LogP contribution in [0.3, 0.4) is 0 Å². The second kappa shape index (κ2) is 6.68. The molecule has 0 spiro atoms. The van der Waals surface area contributed by atoms with E-state index < -0.39 is 6.09 Å². The summed E-state index contributed by atoms with van der Waals surface area (Å²) in [5.74, 6) is 0.678. The predicted molar refractivity (Wildman–Crippen MR) is 58.3 cm³/mol. The van der Waals surface area contributed by atoms with Crippen molar-refractivity contribution in [2.24, 2.45) is 0 Å². The van der Waals surface area contributed by atoms with Gasteiger partial charge in [-0.25, -0.2) is 4.79 Å². The Hall–Kier alpha value is -1.75. The molecule has 0 saturated carbocycles. The molecule has 1 rings (SSSR count). The van der Waals surface area contributed by atoms with Gasteiger partial charge in [-0.1, -0.05) is 18.2 Å². The van der Waals surface area contributed by atoms with Gasteiger partial charge in [0.2, 0.25) is 0 Å². The van der Waals surface area contributed by atoms with Crippen molar-refractivity contribution in [2.45, 2.75) is 6.61 Å². The Balaban J connectivity index is 2.44. The van der Waals surface area contributed by atoms with Crippen LogP contribution < -0.4 is 10.1 Å². The SMILES string of the molecule is COc1ccccc1COC(=O)NCCO. The number of aliphatic hydroxyl groups is 1. The third kappa shape index (κ3) is 3.78. The largest absolute Gasteiger partial charge is 0.496 e. The number of para-hydroxylation sites is 1. The highest BCUT2D eigenvalue weighted by Gasteiger charge is 2.05. The van der Waals surface area contributed by atoms with Crippen molar-refractivity contribution in [2.75, 3.05) is 20.3 Å². The molecule has 1 aromatic carbocycles. The highest BCUT2D eigenvalue weighted by molar-refractivity contribution is 5.67. The van der Waals surface area contributed by atoms with E-state index in [9.17, 15) is 4.79 Å². The summed E-state index contributed by atoms with van der Waals surface area (Å²) in [7, 11) is 1.56. The molecule has 0 aliphatic heterocycles. The molecule has 0 radical (unpaired) electrons. The highest BCUT2D eigenvalue weighted by atomic mass is 16.5. The molecular weight excluding hydrogens is 210 g/mol. The first-order valence-electron chi connectivity index (χ1n) is 4.91. The molecule has 1 aromatic rings. The first-order chi connectivity index (χ1) is 7.77. The number of carbonyl (C=O) groups is 1. The number of hydrogen-bond acceptors (Lipinski definition) is 4. The molecule has 88 valence electrons. The normalized spacial score (nSPS) is 9.62. The van der Waals surface area contributed by atoms with Crippen LogP contribution in [0.25, 0.3) is 0 Å². The number of aliphatic hydroxyl groups excluding tert-OH is 1. The fourth-order valence-corrected chi connectivity index (χ4v) is 1.17. The van der Waals surface area contributed by atoms with Crippen molar-refractivity contribution in [1.82, 2.24) is 5.32 Å². The summed E-state index contributed by atoms with van der Waals surface area (Å²) in [4.78, 5) is 11.1.